The molecule has 0 bridgehead atoms. The molecule has 2 aromatic heterocycles. The highest BCUT2D eigenvalue weighted by Crippen LogP contribution is 2.29. The van der Waals surface area contributed by atoms with Crippen molar-refractivity contribution in [3.8, 4) is 22.6 Å². The van der Waals surface area contributed by atoms with E-state index in [1.165, 1.54) is 22.0 Å². The SMILES string of the molecule is C.Cn1nnc(-c2ccc(-c3ccc(N4C[C@H](CO)OC4=O)cc3F)cn2)n1. The molecule has 0 unspecified atom stereocenters. The van der Waals surface area contributed by atoms with Gasteiger partial charge in [-0.05, 0) is 29.5 Å². The molecule has 0 saturated carbocycles. The molecule has 3 heterocycles. The zero-order valence-corrected chi connectivity index (χ0v) is 14.3. The predicted molar refractivity (Wildman–Crippen MR) is 98.9 cm³/mol. The molecule has 1 saturated heterocycles. The number of ether oxygens (including phenoxy) is 1. The van der Waals surface area contributed by atoms with Crippen LogP contribution >= 0.6 is 0 Å². The molecular formula is C18H19FN6O3. The molecule has 0 aliphatic carbocycles. The summed E-state index contributed by atoms with van der Waals surface area (Å²) in [5, 5.41) is 20.8. The van der Waals surface area contributed by atoms with Gasteiger partial charge < -0.3 is 9.84 Å². The third kappa shape index (κ3) is 3.54. The van der Waals surface area contributed by atoms with Crippen molar-refractivity contribution >= 4 is 11.8 Å². The van der Waals surface area contributed by atoms with E-state index in [9.17, 15) is 9.18 Å². The molecule has 1 aromatic carbocycles. The van der Waals surface area contributed by atoms with Gasteiger partial charge in [0.1, 0.15) is 17.6 Å². The second-order valence-corrected chi connectivity index (χ2v) is 6.00. The zero-order chi connectivity index (χ0) is 19.0. The number of nitrogens with zero attached hydrogens (tertiary/aromatic N) is 6. The topological polar surface area (TPSA) is 106 Å². The van der Waals surface area contributed by atoms with Crippen LogP contribution in [0.4, 0.5) is 14.9 Å². The van der Waals surface area contributed by atoms with Gasteiger partial charge in [-0.15, -0.1) is 10.2 Å². The van der Waals surface area contributed by atoms with E-state index in [1.807, 2.05) is 0 Å². The first kappa shape index (κ1) is 19.4. The average Bonchev–Trinajstić information content (AvgIpc) is 3.27. The van der Waals surface area contributed by atoms with Gasteiger partial charge in [0.05, 0.1) is 25.9 Å². The number of aryl methyl sites for hydroxylation is 1. The number of aliphatic hydroxyl groups excluding tert-OH is 1. The van der Waals surface area contributed by atoms with Gasteiger partial charge in [0, 0.05) is 17.3 Å². The lowest BCUT2D eigenvalue weighted by Crippen LogP contribution is -2.25. The highest BCUT2D eigenvalue weighted by Gasteiger charge is 2.32. The van der Waals surface area contributed by atoms with Crippen molar-refractivity contribution in [2.24, 2.45) is 7.05 Å². The number of rotatable bonds is 4. The molecule has 1 aliphatic heterocycles. The minimum Gasteiger partial charge on any atom is -0.441 e. The predicted octanol–water partition coefficient (Wildman–Crippen LogP) is 2.03. The van der Waals surface area contributed by atoms with Crippen LogP contribution in [0.15, 0.2) is 36.5 Å². The van der Waals surface area contributed by atoms with Crippen LogP contribution in [0.5, 0.6) is 0 Å². The number of cyclic esters (lactones) is 1. The molecule has 10 heteroatoms. The highest BCUT2D eigenvalue weighted by molar-refractivity contribution is 5.90. The van der Waals surface area contributed by atoms with Gasteiger partial charge in [0.25, 0.3) is 0 Å². The number of halogens is 1. The van der Waals surface area contributed by atoms with Crippen molar-refractivity contribution in [3.05, 3.63) is 42.3 Å². The summed E-state index contributed by atoms with van der Waals surface area (Å²) in [4.78, 5) is 18.7. The highest BCUT2D eigenvalue weighted by atomic mass is 19.1. The molecule has 9 nitrogen and oxygen atoms in total. The summed E-state index contributed by atoms with van der Waals surface area (Å²) >= 11 is 0. The smallest absolute Gasteiger partial charge is 0.414 e. The maximum atomic E-state index is 14.6. The molecular weight excluding hydrogens is 367 g/mol. The Morgan fingerprint density at radius 2 is 2.14 bits per heavy atom. The van der Waals surface area contributed by atoms with E-state index in [4.69, 9.17) is 9.84 Å². The first-order valence-corrected chi connectivity index (χ1v) is 8.14. The molecule has 3 aromatic rings. The van der Waals surface area contributed by atoms with Crippen LogP contribution in [-0.2, 0) is 11.8 Å². The third-order valence-electron chi connectivity index (χ3n) is 4.15. The second kappa shape index (κ2) is 7.69. The fourth-order valence-electron chi connectivity index (χ4n) is 2.81. The number of tetrazole rings is 1. The van der Waals surface area contributed by atoms with E-state index in [-0.39, 0.29) is 20.6 Å². The van der Waals surface area contributed by atoms with Gasteiger partial charge in [-0.1, -0.05) is 13.5 Å². The van der Waals surface area contributed by atoms with Gasteiger partial charge in [0.2, 0.25) is 5.82 Å². The number of hydrogen-bond donors (Lipinski definition) is 1. The molecule has 1 N–H and O–H groups in total. The van der Waals surface area contributed by atoms with Gasteiger partial charge >= 0.3 is 6.09 Å². The Hall–Kier alpha value is -3.40. The van der Waals surface area contributed by atoms with E-state index in [2.05, 4.69) is 20.4 Å². The van der Waals surface area contributed by atoms with Crippen LogP contribution in [0.2, 0.25) is 0 Å². The second-order valence-electron chi connectivity index (χ2n) is 6.00. The van der Waals surface area contributed by atoms with Gasteiger partial charge in [-0.3, -0.25) is 9.88 Å². The van der Waals surface area contributed by atoms with Crippen LogP contribution in [0.3, 0.4) is 0 Å². The number of pyridine rings is 1. The van der Waals surface area contributed by atoms with E-state index in [1.54, 1.807) is 31.3 Å². The van der Waals surface area contributed by atoms with Crippen molar-refractivity contribution in [2.45, 2.75) is 13.5 Å². The Bertz CT molecular complexity index is 991. The molecule has 28 heavy (non-hydrogen) atoms. The lowest BCUT2D eigenvalue weighted by Gasteiger charge is -2.14. The van der Waals surface area contributed by atoms with Crippen molar-refractivity contribution in [1.82, 2.24) is 25.2 Å². The molecule has 1 aliphatic rings. The first-order valence-electron chi connectivity index (χ1n) is 8.14. The quantitative estimate of drug-likeness (QED) is 0.731. The molecule has 4 rings (SSSR count). The van der Waals surface area contributed by atoms with Crippen LogP contribution in [-0.4, -0.2) is 55.6 Å². The Labute approximate surface area is 160 Å². The summed E-state index contributed by atoms with van der Waals surface area (Å²) in [5.41, 5.74) is 1.81. The summed E-state index contributed by atoms with van der Waals surface area (Å²) in [5.74, 6) is -0.120. The minimum atomic E-state index is -0.608. The molecule has 1 atom stereocenters. The number of aromatic nitrogens is 5. The number of hydrogen-bond acceptors (Lipinski definition) is 7. The van der Waals surface area contributed by atoms with Crippen molar-refractivity contribution < 1.29 is 19.0 Å². The number of benzene rings is 1. The number of anilines is 1. The van der Waals surface area contributed by atoms with E-state index < -0.39 is 18.0 Å². The maximum Gasteiger partial charge on any atom is 0.414 e. The zero-order valence-electron chi connectivity index (χ0n) is 14.3. The Kier molecular flexibility index (Phi) is 5.32. The lowest BCUT2D eigenvalue weighted by atomic mass is 10.1. The average molecular weight is 386 g/mol. The first-order chi connectivity index (χ1) is 13.0. The largest absolute Gasteiger partial charge is 0.441 e. The van der Waals surface area contributed by atoms with Crippen LogP contribution in [0.1, 0.15) is 7.43 Å². The van der Waals surface area contributed by atoms with Crippen LogP contribution in [0, 0.1) is 5.82 Å². The van der Waals surface area contributed by atoms with E-state index >= 15 is 0 Å². The summed E-state index contributed by atoms with van der Waals surface area (Å²) < 4.78 is 19.6. The minimum absolute atomic E-state index is 0. The van der Waals surface area contributed by atoms with Crippen molar-refractivity contribution in [3.63, 3.8) is 0 Å². The molecule has 1 amide bonds. The van der Waals surface area contributed by atoms with E-state index in [0.717, 1.165) is 0 Å². The van der Waals surface area contributed by atoms with Gasteiger partial charge in [0.15, 0.2) is 0 Å². The standard InChI is InChI=1S/C17H15FN6O3.CH4/c1-23-21-16(20-22-23)15-5-2-10(7-19-15)13-4-3-11(6-14(13)18)24-8-12(9-25)27-17(24)26;/h2-7,12,25H,8-9H2,1H3;1H4/t12-;/m1./s1. The monoisotopic (exact) mass is 386 g/mol. The number of carbonyl (C=O) groups excluding carboxylic acids is 1. The maximum absolute atomic E-state index is 14.6. The Balaban J connectivity index is 0.00000225. The number of amides is 1. The van der Waals surface area contributed by atoms with Crippen molar-refractivity contribution in [2.75, 3.05) is 18.1 Å². The number of carbonyl (C=O) groups is 1. The summed E-state index contributed by atoms with van der Waals surface area (Å²) in [7, 11) is 1.65. The Morgan fingerprint density at radius 3 is 2.71 bits per heavy atom. The molecule has 1 fully saturated rings. The summed E-state index contributed by atoms with van der Waals surface area (Å²) in [6.07, 6.45) is 0.311. The molecule has 146 valence electrons. The third-order valence-corrected chi connectivity index (χ3v) is 4.15. The fourth-order valence-corrected chi connectivity index (χ4v) is 2.81. The van der Waals surface area contributed by atoms with Gasteiger partial charge in [-0.25, -0.2) is 9.18 Å². The van der Waals surface area contributed by atoms with Crippen LogP contribution < -0.4 is 4.90 Å². The van der Waals surface area contributed by atoms with Crippen LogP contribution in [0.25, 0.3) is 22.6 Å². The number of aliphatic hydroxyl groups is 1. The lowest BCUT2D eigenvalue weighted by molar-refractivity contribution is 0.0963. The van der Waals surface area contributed by atoms with E-state index in [0.29, 0.717) is 28.3 Å². The Morgan fingerprint density at radius 1 is 1.32 bits per heavy atom. The summed E-state index contributed by atoms with van der Waals surface area (Å²) in [6.45, 7) is -0.100. The molecule has 0 spiro atoms. The van der Waals surface area contributed by atoms with Gasteiger partial charge in [-0.2, -0.15) is 4.80 Å². The fraction of sp³-hybridized carbons (Fsp3) is 0.278. The van der Waals surface area contributed by atoms with Crippen molar-refractivity contribution in [1.29, 1.82) is 0 Å². The molecule has 0 radical (unpaired) electrons. The summed E-state index contributed by atoms with van der Waals surface area (Å²) in [6, 6.07) is 7.85. The normalized spacial score (nSPS) is 16.0.